The number of carbonyl (C=O) groups is 2. The lowest BCUT2D eigenvalue weighted by molar-refractivity contribution is -0.115. The fourth-order valence-corrected chi connectivity index (χ4v) is 4.40. The second-order valence-electron chi connectivity index (χ2n) is 6.77. The molecule has 31 heavy (non-hydrogen) atoms. The van der Waals surface area contributed by atoms with Gasteiger partial charge in [-0.3, -0.25) is 9.59 Å². The molecule has 2 aromatic carbocycles. The number of para-hydroxylation sites is 1. The van der Waals surface area contributed by atoms with Crippen molar-refractivity contribution >= 4 is 45.2 Å². The highest BCUT2D eigenvalue weighted by Gasteiger charge is 2.20. The third-order valence-electron chi connectivity index (χ3n) is 4.53. The summed E-state index contributed by atoms with van der Waals surface area (Å²) in [4.78, 5) is 24.7. The van der Waals surface area contributed by atoms with Gasteiger partial charge in [0, 0.05) is 28.9 Å². The standard InChI is InChI=1S/C22H24BrN5O2S/c1-3-28-20(15(2)24-21(30)17-11-7-8-12-18(17)23)26-27-22(28)31-14-13-19(29)25-16-9-5-4-6-10-16/h4-12,15H,3,13-14H2,1-2H3,(H,24,30)(H,25,29). The molecule has 9 heteroatoms. The van der Waals surface area contributed by atoms with E-state index in [0.29, 0.717) is 30.1 Å². The van der Waals surface area contributed by atoms with Crippen molar-refractivity contribution in [3.05, 3.63) is 70.5 Å². The summed E-state index contributed by atoms with van der Waals surface area (Å²) in [6, 6.07) is 16.3. The van der Waals surface area contributed by atoms with Gasteiger partial charge in [-0.2, -0.15) is 0 Å². The minimum absolute atomic E-state index is 0.0458. The molecule has 0 saturated heterocycles. The van der Waals surface area contributed by atoms with Crippen molar-refractivity contribution < 1.29 is 9.59 Å². The lowest BCUT2D eigenvalue weighted by Crippen LogP contribution is -2.29. The van der Waals surface area contributed by atoms with Crippen LogP contribution in [-0.2, 0) is 11.3 Å². The van der Waals surface area contributed by atoms with Crippen LogP contribution in [0, 0.1) is 0 Å². The van der Waals surface area contributed by atoms with E-state index in [1.54, 1.807) is 6.07 Å². The molecule has 0 radical (unpaired) electrons. The Morgan fingerprint density at radius 2 is 1.81 bits per heavy atom. The first-order valence-corrected chi connectivity index (χ1v) is 11.7. The fraction of sp³-hybridized carbons (Fsp3) is 0.273. The lowest BCUT2D eigenvalue weighted by Gasteiger charge is -2.15. The van der Waals surface area contributed by atoms with Crippen LogP contribution in [0.1, 0.15) is 42.5 Å². The van der Waals surface area contributed by atoms with Gasteiger partial charge in [0.05, 0.1) is 11.6 Å². The molecule has 0 aliphatic rings. The van der Waals surface area contributed by atoms with Crippen molar-refractivity contribution in [1.29, 1.82) is 0 Å². The molecular formula is C22H24BrN5O2S. The van der Waals surface area contributed by atoms with Gasteiger partial charge in [-0.25, -0.2) is 0 Å². The number of benzene rings is 2. The number of carbonyl (C=O) groups excluding carboxylic acids is 2. The van der Waals surface area contributed by atoms with E-state index in [4.69, 9.17) is 0 Å². The molecule has 1 atom stereocenters. The SMILES string of the molecule is CCn1c(SCCC(=O)Nc2ccccc2)nnc1C(C)NC(=O)c1ccccc1Br. The summed E-state index contributed by atoms with van der Waals surface area (Å²) in [7, 11) is 0. The van der Waals surface area contributed by atoms with Gasteiger partial charge in [0.15, 0.2) is 11.0 Å². The first-order valence-electron chi connectivity index (χ1n) is 9.95. The summed E-state index contributed by atoms with van der Waals surface area (Å²) in [5.41, 5.74) is 1.35. The van der Waals surface area contributed by atoms with Gasteiger partial charge in [0.1, 0.15) is 0 Å². The molecule has 0 saturated carbocycles. The third-order valence-corrected chi connectivity index (χ3v) is 6.19. The Balaban J connectivity index is 1.57. The number of amides is 2. The zero-order valence-corrected chi connectivity index (χ0v) is 19.7. The van der Waals surface area contributed by atoms with E-state index in [0.717, 1.165) is 15.3 Å². The van der Waals surface area contributed by atoms with Gasteiger partial charge in [-0.1, -0.05) is 42.1 Å². The molecule has 162 valence electrons. The van der Waals surface area contributed by atoms with Crippen LogP contribution in [0.5, 0.6) is 0 Å². The molecule has 0 bridgehead atoms. The van der Waals surface area contributed by atoms with Crippen LogP contribution in [0.4, 0.5) is 5.69 Å². The van der Waals surface area contributed by atoms with Crippen LogP contribution in [0.15, 0.2) is 64.2 Å². The molecular weight excluding hydrogens is 478 g/mol. The molecule has 1 aromatic heterocycles. The molecule has 2 amide bonds. The normalized spacial score (nSPS) is 11.7. The second-order valence-corrected chi connectivity index (χ2v) is 8.69. The molecule has 0 fully saturated rings. The summed E-state index contributed by atoms with van der Waals surface area (Å²) in [6.07, 6.45) is 0.361. The number of halogens is 1. The van der Waals surface area contributed by atoms with Crippen molar-refractivity contribution in [2.75, 3.05) is 11.1 Å². The molecule has 3 aromatic rings. The maximum atomic E-state index is 12.6. The van der Waals surface area contributed by atoms with Crippen molar-refractivity contribution in [3.8, 4) is 0 Å². The monoisotopic (exact) mass is 501 g/mol. The zero-order valence-electron chi connectivity index (χ0n) is 17.3. The van der Waals surface area contributed by atoms with Crippen LogP contribution in [0.3, 0.4) is 0 Å². The van der Waals surface area contributed by atoms with E-state index in [1.807, 2.05) is 66.9 Å². The van der Waals surface area contributed by atoms with Gasteiger partial charge in [-0.15, -0.1) is 10.2 Å². The van der Waals surface area contributed by atoms with Gasteiger partial charge in [0.25, 0.3) is 5.91 Å². The molecule has 0 aliphatic heterocycles. The fourth-order valence-electron chi connectivity index (χ4n) is 2.99. The number of nitrogens with zero attached hydrogens (tertiary/aromatic N) is 3. The predicted molar refractivity (Wildman–Crippen MR) is 126 cm³/mol. The van der Waals surface area contributed by atoms with Crippen molar-refractivity contribution in [1.82, 2.24) is 20.1 Å². The predicted octanol–water partition coefficient (Wildman–Crippen LogP) is 4.67. The van der Waals surface area contributed by atoms with Gasteiger partial charge >= 0.3 is 0 Å². The molecule has 7 nitrogen and oxygen atoms in total. The second kappa shape index (κ2) is 11.1. The minimum atomic E-state index is -0.317. The largest absolute Gasteiger partial charge is 0.342 e. The third kappa shape index (κ3) is 6.18. The molecule has 0 spiro atoms. The molecule has 1 unspecified atom stereocenters. The highest BCUT2D eigenvalue weighted by atomic mass is 79.9. The van der Waals surface area contributed by atoms with Gasteiger partial charge < -0.3 is 15.2 Å². The first kappa shape index (κ1) is 23.0. The zero-order chi connectivity index (χ0) is 22.2. The average molecular weight is 502 g/mol. The van der Waals surface area contributed by atoms with E-state index >= 15 is 0 Å². The van der Waals surface area contributed by atoms with Crippen LogP contribution in [0.25, 0.3) is 0 Å². The van der Waals surface area contributed by atoms with Gasteiger partial charge in [-0.05, 0) is 54.0 Å². The number of hydrogen-bond donors (Lipinski definition) is 2. The number of nitrogens with one attached hydrogen (secondary N) is 2. The number of rotatable bonds is 9. The lowest BCUT2D eigenvalue weighted by atomic mass is 10.2. The van der Waals surface area contributed by atoms with Crippen LogP contribution < -0.4 is 10.6 Å². The van der Waals surface area contributed by atoms with E-state index in [2.05, 4.69) is 36.8 Å². The Morgan fingerprint density at radius 3 is 2.52 bits per heavy atom. The smallest absolute Gasteiger partial charge is 0.253 e. The Bertz CT molecular complexity index is 1040. The summed E-state index contributed by atoms with van der Waals surface area (Å²) >= 11 is 4.88. The van der Waals surface area contributed by atoms with E-state index in [1.165, 1.54) is 11.8 Å². The Labute approximate surface area is 194 Å². The Kier molecular flexibility index (Phi) is 8.25. The van der Waals surface area contributed by atoms with Crippen molar-refractivity contribution in [2.24, 2.45) is 0 Å². The number of anilines is 1. The summed E-state index contributed by atoms with van der Waals surface area (Å²) in [5.74, 6) is 1.03. The maximum Gasteiger partial charge on any atom is 0.253 e. The highest BCUT2D eigenvalue weighted by molar-refractivity contribution is 9.10. The quantitative estimate of drug-likeness (QED) is 0.415. The number of hydrogen-bond acceptors (Lipinski definition) is 5. The van der Waals surface area contributed by atoms with Crippen molar-refractivity contribution in [3.63, 3.8) is 0 Å². The number of aromatic nitrogens is 3. The molecule has 0 aliphatic carbocycles. The molecule has 3 rings (SSSR count). The summed E-state index contributed by atoms with van der Waals surface area (Å²) < 4.78 is 2.70. The van der Waals surface area contributed by atoms with Crippen LogP contribution >= 0.6 is 27.7 Å². The Hall–Kier alpha value is -2.65. The minimum Gasteiger partial charge on any atom is -0.342 e. The summed E-state index contributed by atoms with van der Waals surface area (Å²) in [6.45, 7) is 4.55. The van der Waals surface area contributed by atoms with Crippen molar-refractivity contribution in [2.45, 2.75) is 38.0 Å². The van der Waals surface area contributed by atoms with E-state index in [9.17, 15) is 9.59 Å². The highest BCUT2D eigenvalue weighted by Crippen LogP contribution is 2.22. The molecule has 1 heterocycles. The number of thioether (sulfide) groups is 1. The summed E-state index contributed by atoms with van der Waals surface area (Å²) in [5, 5.41) is 15.1. The topological polar surface area (TPSA) is 88.9 Å². The van der Waals surface area contributed by atoms with E-state index < -0.39 is 0 Å². The van der Waals surface area contributed by atoms with Crippen LogP contribution in [0.2, 0.25) is 0 Å². The van der Waals surface area contributed by atoms with Crippen LogP contribution in [-0.4, -0.2) is 32.3 Å². The van der Waals surface area contributed by atoms with E-state index in [-0.39, 0.29) is 17.9 Å². The Morgan fingerprint density at radius 1 is 1.10 bits per heavy atom. The average Bonchev–Trinajstić information content (AvgIpc) is 3.17. The first-order chi connectivity index (χ1) is 15.0. The van der Waals surface area contributed by atoms with Gasteiger partial charge in [0.2, 0.25) is 5.91 Å². The molecule has 2 N–H and O–H groups in total. The maximum absolute atomic E-state index is 12.6.